The summed E-state index contributed by atoms with van der Waals surface area (Å²) < 4.78 is 10.6. The van der Waals surface area contributed by atoms with Crippen LogP contribution >= 0.6 is 0 Å². The molecule has 8 nitrogen and oxygen atoms in total. The highest BCUT2D eigenvalue weighted by atomic mass is 16.5. The van der Waals surface area contributed by atoms with E-state index in [4.69, 9.17) is 9.15 Å². The molecule has 8 heteroatoms. The summed E-state index contributed by atoms with van der Waals surface area (Å²) in [7, 11) is 0. The Hall–Kier alpha value is -4.46. The van der Waals surface area contributed by atoms with Crippen LogP contribution in [0.4, 0.5) is 0 Å². The molecule has 31 heavy (non-hydrogen) atoms. The average molecular weight is 414 g/mol. The lowest BCUT2D eigenvalue weighted by Crippen LogP contribution is -2.29. The van der Waals surface area contributed by atoms with E-state index < -0.39 is 18.5 Å². The minimum Gasteiger partial charge on any atom is -0.546 e. The number of rotatable bonds is 7. The van der Waals surface area contributed by atoms with Crippen molar-refractivity contribution in [2.24, 2.45) is 5.10 Å². The number of aliphatic carboxylic acids is 1. The lowest BCUT2D eigenvalue weighted by atomic mass is 10.1. The van der Waals surface area contributed by atoms with Crippen molar-refractivity contribution < 1.29 is 23.8 Å². The predicted molar refractivity (Wildman–Crippen MR) is 111 cm³/mol. The summed E-state index contributed by atoms with van der Waals surface area (Å²) in [6, 6.07) is 19.1. The second-order valence-electron chi connectivity index (χ2n) is 6.45. The number of nitrogens with zero attached hydrogens (tertiary/aromatic N) is 2. The van der Waals surface area contributed by atoms with Gasteiger partial charge in [-0.1, -0.05) is 30.3 Å². The number of amides is 1. The predicted octanol–water partition coefficient (Wildman–Crippen LogP) is 2.39. The summed E-state index contributed by atoms with van der Waals surface area (Å²) in [4.78, 5) is 28.0. The van der Waals surface area contributed by atoms with Gasteiger partial charge in [0.05, 0.1) is 29.5 Å². The Balaban J connectivity index is 1.59. The van der Waals surface area contributed by atoms with E-state index >= 15 is 0 Å². The number of hydrogen-bond donors (Lipinski definition) is 1. The highest BCUT2D eigenvalue weighted by Crippen LogP contribution is 2.25. The normalized spacial score (nSPS) is 11.0. The number of aromatic nitrogens is 1. The number of furan rings is 1. The molecule has 2 aromatic heterocycles. The maximum Gasteiger partial charge on any atom is 0.272 e. The third-order valence-corrected chi connectivity index (χ3v) is 4.37. The summed E-state index contributed by atoms with van der Waals surface area (Å²) in [5.41, 5.74) is 4.55. The van der Waals surface area contributed by atoms with E-state index in [-0.39, 0.29) is 0 Å². The Morgan fingerprint density at radius 2 is 1.90 bits per heavy atom. The van der Waals surface area contributed by atoms with E-state index in [0.29, 0.717) is 39.2 Å². The minimum atomic E-state index is -1.34. The van der Waals surface area contributed by atoms with Gasteiger partial charge in [-0.05, 0) is 36.4 Å². The molecule has 4 rings (SSSR count). The van der Waals surface area contributed by atoms with Gasteiger partial charge in [0.15, 0.2) is 5.76 Å². The molecule has 0 fully saturated rings. The van der Waals surface area contributed by atoms with Gasteiger partial charge in [0, 0.05) is 10.9 Å². The molecule has 0 bridgehead atoms. The van der Waals surface area contributed by atoms with E-state index in [1.54, 1.807) is 48.5 Å². The van der Waals surface area contributed by atoms with E-state index in [0.717, 1.165) is 0 Å². The van der Waals surface area contributed by atoms with Crippen molar-refractivity contribution in [1.82, 2.24) is 10.4 Å². The molecule has 0 saturated carbocycles. The molecule has 0 spiro atoms. The Morgan fingerprint density at radius 3 is 2.71 bits per heavy atom. The number of para-hydroxylation sites is 2. The highest BCUT2D eigenvalue weighted by Gasteiger charge is 2.14. The zero-order valence-electron chi connectivity index (χ0n) is 16.1. The number of pyridine rings is 1. The maximum atomic E-state index is 12.9. The lowest BCUT2D eigenvalue weighted by molar-refractivity contribution is -0.307. The monoisotopic (exact) mass is 414 g/mol. The molecule has 0 atom stereocenters. The molecular weight excluding hydrogens is 398 g/mol. The Kier molecular flexibility index (Phi) is 5.70. The first kappa shape index (κ1) is 19.8. The van der Waals surface area contributed by atoms with Crippen molar-refractivity contribution in [2.45, 2.75) is 0 Å². The fourth-order valence-electron chi connectivity index (χ4n) is 2.99. The summed E-state index contributed by atoms with van der Waals surface area (Å²) in [6.45, 7) is -0.588. The summed E-state index contributed by atoms with van der Waals surface area (Å²) in [5, 5.41) is 15.3. The number of carboxylic acid groups (broad SMARTS) is 1. The number of fused-ring (bicyclic) bond motifs is 1. The van der Waals surface area contributed by atoms with Gasteiger partial charge in [-0.15, -0.1) is 0 Å². The fourth-order valence-corrected chi connectivity index (χ4v) is 2.99. The first-order valence-corrected chi connectivity index (χ1v) is 9.30. The van der Waals surface area contributed by atoms with Crippen molar-refractivity contribution >= 4 is 29.0 Å². The van der Waals surface area contributed by atoms with Crippen molar-refractivity contribution in [3.8, 4) is 17.2 Å². The van der Waals surface area contributed by atoms with Crippen LogP contribution in [0.5, 0.6) is 5.75 Å². The van der Waals surface area contributed by atoms with E-state index in [1.165, 1.54) is 12.5 Å². The Bertz CT molecular complexity index is 1270. The number of ether oxygens (including phenoxy) is 1. The van der Waals surface area contributed by atoms with Crippen LogP contribution in [0.15, 0.2) is 82.5 Å². The second-order valence-corrected chi connectivity index (χ2v) is 6.45. The topological polar surface area (TPSA) is 117 Å². The smallest absolute Gasteiger partial charge is 0.272 e. The summed E-state index contributed by atoms with van der Waals surface area (Å²) in [5.74, 6) is -0.922. The van der Waals surface area contributed by atoms with E-state index in [9.17, 15) is 14.7 Å². The molecule has 2 aromatic carbocycles. The molecule has 0 aliphatic carbocycles. The number of carbonyl (C=O) groups excluding carboxylic acids is 2. The first-order chi connectivity index (χ1) is 15.1. The van der Waals surface area contributed by atoms with Crippen LogP contribution in [0.1, 0.15) is 15.9 Å². The molecule has 4 aromatic rings. The van der Waals surface area contributed by atoms with Gasteiger partial charge < -0.3 is 19.1 Å². The van der Waals surface area contributed by atoms with Crippen LogP contribution in [0.3, 0.4) is 0 Å². The Morgan fingerprint density at radius 1 is 1.10 bits per heavy atom. The largest absolute Gasteiger partial charge is 0.546 e. The summed E-state index contributed by atoms with van der Waals surface area (Å²) in [6.07, 6.45) is 2.91. The molecule has 0 saturated heterocycles. The van der Waals surface area contributed by atoms with Gasteiger partial charge in [0.2, 0.25) is 0 Å². The standard InChI is InChI=1S/C23H17N3O5/c27-22(28)14-31-20-9-4-1-6-15(20)13-24-26-23(29)17-12-19(21-10-5-11-30-21)25-18-8-3-2-7-16(17)18/h1-13H,14H2,(H,26,29)(H,27,28)/p-1/b24-13-. The van der Waals surface area contributed by atoms with Crippen molar-refractivity contribution in [3.63, 3.8) is 0 Å². The SMILES string of the molecule is O=C([O-])COc1ccccc1/C=N\NC(=O)c1cc(-c2ccco2)nc2ccccc12. The van der Waals surface area contributed by atoms with Gasteiger partial charge in [-0.3, -0.25) is 4.79 Å². The van der Waals surface area contributed by atoms with E-state index in [2.05, 4.69) is 15.5 Å². The van der Waals surface area contributed by atoms with Crippen LogP contribution in [0, 0.1) is 0 Å². The zero-order valence-corrected chi connectivity index (χ0v) is 16.1. The van der Waals surface area contributed by atoms with Crippen LogP contribution in [-0.4, -0.2) is 29.7 Å². The molecule has 1 amide bonds. The van der Waals surface area contributed by atoms with Gasteiger partial charge >= 0.3 is 0 Å². The van der Waals surface area contributed by atoms with Crippen LogP contribution in [0.25, 0.3) is 22.4 Å². The first-order valence-electron chi connectivity index (χ1n) is 9.30. The summed E-state index contributed by atoms with van der Waals surface area (Å²) >= 11 is 0. The molecular formula is C23H16N3O5-. The van der Waals surface area contributed by atoms with Gasteiger partial charge in [-0.2, -0.15) is 5.10 Å². The number of carbonyl (C=O) groups is 2. The van der Waals surface area contributed by atoms with Gasteiger partial charge in [0.25, 0.3) is 5.91 Å². The number of carboxylic acids is 1. The number of benzene rings is 2. The molecule has 154 valence electrons. The molecule has 2 heterocycles. The van der Waals surface area contributed by atoms with Crippen molar-refractivity contribution in [2.75, 3.05) is 6.61 Å². The zero-order chi connectivity index (χ0) is 21.6. The average Bonchev–Trinajstić information content (AvgIpc) is 3.32. The van der Waals surface area contributed by atoms with Gasteiger partial charge in [-0.25, -0.2) is 10.4 Å². The Labute approximate surface area is 176 Å². The third-order valence-electron chi connectivity index (χ3n) is 4.37. The lowest BCUT2D eigenvalue weighted by Gasteiger charge is -2.09. The maximum absolute atomic E-state index is 12.9. The van der Waals surface area contributed by atoms with Crippen molar-refractivity contribution in [1.29, 1.82) is 0 Å². The molecule has 0 aliphatic rings. The van der Waals surface area contributed by atoms with Crippen molar-refractivity contribution in [3.05, 3.63) is 84.1 Å². The quantitative estimate of drug-likeness (QED) is 0.367. The van der Waals surface area contributed by atoms with Crippen LogP contribution < -0.4 is 15.3 Å². The van der Waals surface area contributed by atoms with Gasteiger partial charge in [0.1, 0.15) is 18.1 Å². The molecule has 0 unspecified atom stereocenters. The fraction of sp³-hybridized carbons (Fsp3) is 0.0435. The molecule has 1 N–H and O–H groups in total. The minimum absolute atomic E-state index is 0.305. The van der Waals surface area contributed by atoms with Crippen LogP contribution in [0.2, 0.25) is 0 Å². The third kappa shape index (κ3) is 4.59. The highest BCUT2D eigenvalue weighted by molar-refractivity contribution is 6.07. The molecule has 0 radical (unpaired) electrons. The number of hydrogen-bond acceptors (Lipinski definition) is 7. The second kappa shape index (κ2) is 8.91. The van der Waals surface area contributed by atoms with Crippen LogP contribution in [-0.2, 0) is 4.79 Å². The number of nitrogens with one attached hydrogen (secondary N) is 1. The molecule has 0 aliphatic heterocycles. The number of hydrazone groups is 1. The van der Waals surface area contributed by atoms with E-state index in [1.807, 2.05) is 18.2 Å².